The van der Waals surface area contributed by atoms with Gasteiger partial charge in [0.25, 0.3) is 16.7 Å². The summed E-state index contributed by atoms with van der Waals surface area (Å²) in [5.74, 6) is 0.842. The number of nitrogens with zero attached hydrogens (tertiary/aromatic N) is 7. The third-order valence-electron chi connectivity index (χ3n) is 31.1. The average molecular weight is 2130 g/mol. The summed E-state index contributed by atoms with van der Waals surface area (Å²) < 4.78 is 66.5. The van der Waals surface area contributed by atoms with E-state index in [1.165, 1.54) is 0 Å². The molecule has 7 aliphatic rings. The SMILES string of the molecule is CC(C)C1(CCCO)CCN([C@@H](C)c2ccc(B3OC(C)(C)C(C)(C)O3)cc2)C(=O)O1.CC(C)C1(CCCO)CCN([C@@H](C)c2ccc(Br)cc2)C(=O)O1.CC(C)[C@@]1(CCCO)CCN([C@@H](C)c2ccc(-c3ccn(C)c(=O)c3)cc2)C(=O)O1.CC(C)[C@]1(CCCO)CCN([C@@H](C)c2ccc(-c3ccn(C)c(=O)c3)cc2)C(=O)O1.CC1(C)OB(B2OC(C)(C)C(C)(C)O2)OC1(C)C.Cn1ccc(I)cc1=O. The summed E-state index contributed by atoms with van der Waals surface area (Å²) in [6, 6.07) is 42.3. The first-order valence-corrected chi connectivity index (χ1v) is 52.0. The second-order valence-electron chi connectivity index (χ2n) is 43.0. The maximum atomic E-state index is 12.9. The Hall–Kier alpha value is -8.19. The van der Waals surface area contributed by atoms with Crippen LogP contribution in [0.2, 0.25) is 0 Å². The molecular formula is C108H158B3BrIN7O21. The third-order valence-corrected chi connectivity index (χ3v) is 32.3. The maximum absolute atomic E-state index is 12.9. The van der Waals surface area contributed by atoms with Gasteiger partial charge in [-0.05, 0) is 289 Å². The minimum absolute atomic E-state index is 0.0152. The zero-order chi connectivity index (χ0) is 105. The molecule has 2 unspecified atom stereocenters. The van der Waals surface area contributed by atoms with Crippen LogP contribution in [-0.2, 0) is 68.0 Å². The van der Waals surface area contributed by atoms with Gasteiger partial charge in [0.05, 0.1) is 57.8 Å². The topological polar surface area (TPSA) is 320 Å². The van der Waals surface area contributed by atoms with Crippen LogP contribution in [0, 0.1) is 27.2 Å². The molecule has 4 amide bonds. The van der Waals surface area contributed by atoms with Crippen molar-refractivity contribution in [2.45, 2.75) is 323 Å². The standard InChI is InChI=1S/C24H38BNO5.2C24H32N2O4.C18H26BrNO3.C12H24B2O4.C6H6INO/c1-17(2)24(13-8-16-27)14-15-26(21(28)29-24)18(3)19-9-11-20(12-10-19)25-30-22(4,5)23(6,7)31-25;2*1-17(2)24(11-5-15-27)12-14-26(23(29)30-24)18(3)19-6-8-20(9-7-19)21-10-13-25(4)22(28)16-21;1-13(2)18(9-4-12-21)10-11-20(17(22)23-18)14(3)15-5-7-16(19)8-6-15;1-9(2)10(3,4)16-13(15-9)14-17-11(5,6)12(7,8)18-14;1-8-3-2-5(7)4-6(8)9/h9-12,17-18,27H,8,13-16H2,1-7H3;2*6-10,13,16-18,27H,5,11-12,14-15H2,1-4H3;5-8,13-14,21H,4,9-12H2,1-3H3;1-8H3;2-4H,1H3/t18-,24?;18-,24+;18-,24-;14-,18?;;/m0000../s1. The van der Waals surface area contributed by atoms with E-state index in [9.17, 15) is 48.9 Å². The number of cyclic esters (lactones) is 4. The molecule has 4 N–H and O–H groups in total. The van der Waals surface area contributed by atoms with Gasteiger partial charge in [-0.3, -0.25) is 14.4 Å². The fraction of sp³-hybridized carbons (Fsp3) is 0.602. The van der Waals surface area contributed by atoms with E-state index < -0.39 is 43.5 Å². The van der Waals surface area contributed by atoms with Crippen LogP contribution in [0.1, 0.15) is 290 Å². The third kappa shape index (κ3) is 28.4. The van der Waals surface area contributed by atoms with Gasteiger partial charge in [0.1, 0.15) is 22.4 Å². The van der Waals surface area contributed by atoms with E-state index in [4.69, 9.17) is 52.0 Å². The van der Waals surface area contributed by atoms with Gasteiger partial charge in [-0.1, -0.05) is 156 Å². The number of carbonyl (C=O) groups excluding carboxylic acids is 4. The van der Waals surface area contributed by atoms with E-state index in [2.05, 4.69) is 93.9 Å². The molecule has 0 aliphatic carbocycles. The number of amides is 4. The van der Waals surface area contributed by atoms with E-state index in [1.54, 1.807) is 91.2 Å². The van der Waals surface area contributed by atoms with Crippen molar-refractivity contribution in [1.82, 2.24) is 33.3 Å². The summed E-state index contributed by atoms with van der Waals surface area (Å²) in [5, 5.41) is 36.8. The Balaban J connectivity index is 0.000000194. The molecule has 33 heteroatoms. The Kier molecular flexibility index (Phi) is 40.3. The Morgan fingerprint density at radius 3 is 0.787 bits per heavy atom. The van der Waals surface area contributed by atoms with Crippen LogP contribution in [0.4, 0.5) is 19.2 Å². The Labute approximate surface area is 860 Å². The van der Waals surface area contributed by atoms with Crippen molar-refractivity contribution in [2.24, 2.45) is 44.8 Å². The van der Waals surface area contributed by atoms with Crippen molar-refractivity contribution in [3.05, 3.63) is 213 Å². The zero-order valence-corrected chi connectivity index (χ0v) is 92.3. The molecule has 28 nitrogen and oxygen atoms in total. The first-order valence-electron chi connectivity index (χ1n) is 50.1. The summed E-state index contributed by atoms with van der Waals surface area (Å²) >= 11 is 5.54. The van der Waals surface area contributed by atoms with Gasteiger partial charge in [-0.25, -0.2) is 19.2 Å². The number of pyridine rings is 3. The summed E-state index contributed by atoms with van der Waals surface area (Å²) in [6.07, 6.45) is 12.6. The highest BCUT2D eigenvalue weighted by Crippen LogP contribution is 2.47. The Morgan fingerprint density at radius 1 is 0.326 bits per heavy atom. The van der Waals surface area contributed by atoms with Crippen molar-refractivity contribution in [3.63, 3.8) is 0 Å². The minimum atomic E-state index is -0.501. The fourth-order valence-corrected chi connectivity index (χ4v) is 19.1. The molecule has 7 saturated heterocycles. The van der Waals surface area contributed by atoms with Crippen LogP contribution >= 0.6 is 38.5 Å². The molecule has 0 saturated carbocycles. The highest BCUT2D eigenvalue weighted by Gasteiger charge is 2.64. The van der Waals surface area contributed by atoms with Crippen LogP contribution in [0.3, 0.4) is 0 Å². The number of aromatic nitrogens is 3. The van der Waals surface area contributed by atoms with E-state index in [-0.39, 0.29) is 149 Å². The van der Waals surface area contributed by atoms with E-state index in [0.717, 1.165) is 83.7 Å². The van der Waals surface area contributed by atoms with E-state index in [1.807, 2.05) is 226 Å². The average Bonchev–Trinajstić information content (AvgIpc) is 1.59. The predicted octanol–water partition coefficient (Wildman–Crippen LogP) is 20.1. The van der Waals surface area contributed by atoms with Crippen LogP contribution < -0.4 is 22.1 Å². The second-order valence-corrected chi connectivity index (χ2v) is 45.1. The largest absolute Gasteiger partial charge is 0.494 e. The predicted molar refractivity (Wildman–Crippen MR) is 568 cm³/mol. The van der Waals surface area contributed by atoms with Gasteiger partial charge >= 0.3 is 45.5 Å². The quantitative estimate of drug-likeness (QED) is 0.0201. The lowest BCUT2D eigenvalue weighted by Crippen LogP contribution is -2.52. The zero-order valence-electron chi connectivity index (χ0n) is 88.5. The monoisotopic (exact) mass is 2130 g/mol. The van der Waals surface area contributed by atoms with Crippen molar-refractivity contribution in [3.8, 4) is 22.3 Å². The van der Waals surface area contributed by atoms with Crippen molar-refractivity contribution in [1.29, 1.82) is 0 Å². The first-order chi connectivity index (χ1) is 65.9. The van der Waals surface area contributed by atoms with Gasteiger partial charge in [-0.2, -0.15) is 0 Å². The number of aliphatic hydroxyl groups excluding tert-OH is 4. The molecule has 8 atom stereocenters. The molecule has 3 aromatic heterocycles. The molecule has 10 heterocycles. The number of ether oxygens (including phenoxy) is 4. The molecule has 14 rings (SSSR count). The van der Waals surface area contributed by atoms with E-state index in [0.29, 0.717) is 77.5 Å². The summed E-state index contributed by atoms with van der Waals surface area (Å²) in [6.45, 7) is 52.1. The Morgan fingerprint density at radius 2 is 0.560 bits per heavy atom. The molecule has 0 spiro atoms. The number of halogens is 2. The lowest BCUT2D eigenvalue weighted by molar-refractivity contribution is -0.0898. The Bertz CT molecular complexity index is 5230. The van der Waals surface area contributed by atoms with Crippen LogP contribution in [0.25, 0.3) is 22.3 Å². The normalized spacial score (nSPS) is 22.9. The summed E-state index contributed by atoms with van der Waals surface area (Å²) in [4.78, 5) is 92.9. The van der Waals surface area contributed by atoms with Crippen molar-refractivity contribution >= 4 is 89.5 Å². The molecule has 0 bridgehead atoms. The lowest BCUT2D eigenvalue weighted by Gasteiger charge is -2.45. The van der Waals surface area contributed by atoms with Crippen LogP contribution in [-0.4, -0.2) is 208 Å². The van der Waals surface area contributed by atoms with Gasteiger partial charge in [0.15, 0.2) is 0 Å². The van der Waals surface area contributed by atoms with Gasteiger partial charge in [0, 0.05) is 144 Å². The fourth-order valence-electron chi connectivity index (χ4n) is 18.4. The number of aryl methyl sites for hydroxylation is 3. The lowest BCUT2D eigenvalue weighted by atomic mass is 9.49. The van der Waals surface area contributed by atoms with Crippen molar-refractivity contribution in [2.75, 3.05) is 52.6 Å². The number of hydrogen-bond donors (Lipinski definition) is 4. The number of rotatable bonds is 28. The van der Waals surface area contributed by atoms with E-state index >= 15 is 0 Å². The van der Waals surface area contributed by atoms with Gasteiger partial charge in [-0.15, -0.1) is 0 Å². The smallest absolute Gasteiger partial charge is 0.442 e. The molecule has 141 heavy (non-hydrogen) atoms. The summed E-state index contributed by atoms with van der Waals surface area (Å²) in [7, 11) is 3.84. The van der Waals surface area contributed by atoms with Crippen LogP contribution in [0.15, 0.2) is 171 Å². The molecule has 7 aliphatic heterocycles. The molecule has 7 fully saturated rings. The first kappa shape index (κ1) is 116. The minimum Gasteiger partial charge on any atom is -0.442 e. The molecule has 774 valence electrons. The molecule has 0 radical (unpaired) electrons. The number of carbonyl (C=O) groups is 4. The molecule has 4 aromatic carbocycles. The number of hydrogen-bond acceptors (Lipinski definition) is 21. The molecule has 7 aromatic rings. The maximum Gasteiger partial charge on any atom is 0.494 e. The highest BCUT2D eigenvalue weighted by molar-refractivity contribution is 14.1. The summed E-state index contributed by atoms with van der Waals surface area (Å²) in [5.41, 5.74) is 4.66. The number of aliphatic hydroxyl groups is 4. The second kappa shape index (κ2) is 48.9. The van der Waals surface area contributed by atoms with Crippen LogP contribution in [0.5, 0.6) is 0 Å². The van der Waals surface area contributed by atoms with Gasteiger partial charge < -0.3 is 101 Å². The van der Waals surface area contributed by atoms with Crippen molar-refractivity contribution < 1.29 is 86.5 Å². The molecular weight excluding hydrogens is 1970 g/mol. The number of benzene rings is 4. The van der Waals surface area contributed by atoms with Gasteiger partial charge in [0.2, 0.25) is 0 Å². The highest BCUT2D eigenvalue weighted by atomic mass is 127.